The molecule has 148 valence electrons. The summed E-state index contributed by atoms with van der Waals surface area (Å²) in [5.41, 5.74) is 4.71. The summed E-state index contributed by atoms with van der Waals surface area (Å²) in [7, 11) is 1.78. The van der Waals surface area contributed by atoms with E-state index in [2.05, 4.69) is 43.3 Å². The zero-order valence-electron chi connectivity index (χ0n) is 17.0. The summed E-state index contributed by atoms with van der Waals surface area (Å²) < 4.78 is 8.75. The predicted molar refractivity (Wildman–Crippen MR) is 116 cm³/mol. The lowest BCUT2D eigenvalue weighted by Crippen LogP contribution is -2.37. The fraction of sp³-hybridized carbons (Fsp3) is 0.476. The first-order valence-electron chi connectivity index (χ1n) is 9.55. The lowest BCUT2D eigenvalue weighted by Gasteiger charge is -2.32. The van der Waals surface area contributed by atoms with Crippen molar-refractivity contribution in [3.8, 4) is 11.8 Å². The van der Waals surface area contributed by atoms with Gasteiger partial charge >= 0.3 is 0 Å². The Bertz CT molecular complexity index is 869. The third-order valence-corrected chi connectivity index (χ3v) is 5.37. The summed E-state index contributed by atoms with van der Waals surface area (Å²) in [6.45, 7) is 5.92. The zero-order chi connectivity index (χ0) is 19.9. The van der Waals surface area contributed by atoms with E-state index in [4.69, 9.17) is 4.74 Å². The fourth-order valence-electron chi connectivity index (χ4n) is 3.30. The smallest absolute Gasteiger partial charge is 0.148 e. The van der Waals surface area contributed by atoms with E-state index in [0.717, 1.165) is 66.4 Å². The van der Waals surface area contributed by atoms with Crippen LogP contribution in [0, 0.1) is 18.8 Å². The van der Waals surface area contributed by atoms with E-state index < -0.39 is 0 Å². The number of nitrogens with zero attached hydrogens (tertiary/aromatic N) is 4. The molecule has 1 N–H and O–H groups in total. The molecule has 2 aromatic heterocycles. The number of methoxy groups -OCH3 is 1. The highest BCUT2D eigenvalue weighted by Gasteiger charge is 2.22. The van der Waals surface area contributed by atoms with Gasteiger partial charge in [0.25, 0.3) is 0 Å². The largest absolute Gasteiger partial charge is 0.381 e. The monoisotopic (exact) mass is 397 g/mol. The van der Waals surface area contributed by atoms with Crippen LogP contribution in [0.4, 0.5) is 11.5 Å². The van der Waals surface area contributed by atoms with Gasteiger partial charge in [0, 0.05) is 38.2 Å². The van der Waals surface area contributed by atoms with E-state index in [1.807, 2.05) is 25.4 Å². The van der Waals surface area contributed by atoms with E-state index >= 15 is 0 Å². The Kier molecular flexibility index (Phi) is 7.12. The molecule has 0 atom stereocenters. The van der Waals surface area contributed by atoms with Crippen molar-refractivity contribution in [1.29, 1.82) is 0 Å². The van der Waals surface area contributed by atoms with Crippen LogP contribution < -0.4 is 9.62 Å². The number of aryl methyl sites for hydroxylation is 2. The molecule has 7 heteroatoms. The number of aromatic nitrogens is 3. The van der Waals surface area contributed by atoms with Gasteiger partial charge in [0.2, 0.25) is 0 Å². The maximum atomic E-state index is 5.49. The number of pyridine rings is 1. The lowest BCUT2D eigenvalue weighted by molar-refractivity contribution is 0.0818. The van der Waals surface area contributed by atoms with E-state index in [0.29, 0.717) is 6.10 Å². The normalized spacial score (nSPS) is 14.5. The molecule has 2 aromatic rings. The molecule has 28 heavy (non-hydrogen) atoms. The van der Waals surface area contributed by atoms with Gasteiger partial charge in [0.15, 0.2) is 0 Å². The Hall–Kier alpha value is -2.30. The minimum Gasteiger partial charge on any atom is -0.381 e. The topological polar surface area (TPSA) is 63.2 Å². The Morgan fingerprint density at radius 3 is 2.71 bits per heavy atom. The molecule has 0 aliphatic carbocycles. The maximum Gasteiger partial charge on any atom is 0.148 e. The molecule has 0 unspecified atom stereocenters. The van der Waals surface area contributed by atoms with Gasteiger partial charge in [0.05, 0.1) is 28.7 Å². The van der Waals surface area contributed by atoms with Crippen LogP contribution in [0.5, 0.6) is 0 Å². The molecule has 6 nitrogen and oxygen atoms in total. The van der Waals surface area contributed by atoms with Crippen molar-refractivity contribution >= 4 is 23.5 Å². The molecule has 3 rings (SSSR count). The van der Waals surface area contributed by atoms with Gasteiger partial charge in [-0.1, -0.05) is 30.7 Å². The molecule has 0 radical (unpaired) electrons. The van der Waals surface area contributed by atoms with Crippen LogP contribution in [-0.4, -0.2) is 47.5 Å². The third kappa shape index (κ3) is 4.75. The maximum absolute atomic E-state index is 5.49. The molecule has 0 spiro atoms. The quantitative estimate of drug-likeness (QED) is 0.612. The average Bonchev–Trinajstić information content (AvgIpc) is 2.74. The molecule has 0 amide bonds. The first kappa shape index (κ1) is 20.4. The molecule has 1 aliphatic rings. The molecule has 0 saturated carbocycles. The van der Waals surface area contributed by atoms with Gasteiger partial charge in [0.1, 0.15) is 12.1 Å². The Morgan fingerprint density at radius 2 is 2.04 bits per heavy atom. The number of piperidine rings is 1. The molecule has 0 bridgehead atoms. The highest BCUT2D eigenvalue weighted by molar-refractivity contribution is 7.99. The number of hydrogen-bond acceptors (Lipinski definition) is 7. The van der Waals surface area contributed by atoms with Crippen LogP contribution in [0.3, 0.4) is 0 Å². The zero-order valence-corrected chi connectivity index (χ0v) is 17.8. The second-order valence-electron chi connectivity index (χ2n) is 6.71. The molecular weight excluding hydrogens is 370 g/mol. The Balaban J connectivity index is 1.92. The second kappa shape index (κ2) is 9.76. The SMILES string of the molecule is CCc1ncnc(N2CCC(OC)CC2)c1C#Cc1cnc(C)c(NSC)c1. The average molecular weight is 398 g/mol. The van der Waals surface area contributed by atoms with Crippen molar-refractivity contribution in [2.24, 2.45) is 0 Å². The van der Waals surface area contributed by atoms with Gasteiger partial charge in [-0.3, -0.25) is 4.98 Å². The van der Waals surface area contributed by atoms with Crippen LogP contribution in [0.25, 0.3) is 0 Å². The molecule has 1 fully saturated rings. The van der Waals surface area contributed by atoms with Crippen molar-refractivity contribution in [1.82, 2.24) is 15.0 Å². The molecule has 0 aromatic carbocycles. The number of ether oxygens (including phenoxy) is 1. The van der Waals surface area contributed by atoms with Gasteiger partial charge in [-0.2, -0.15) is 0 Å². The molecular formula is C21H27N5OS. The summed E-state index contributed by atoms with van der Waals surface area (Å²) in [6, 6.07) is 2.03. The first-order valence-corrected chi connectivity index (χ1v) is 10.8. The van der Waals surface area contributed by atoms with Gasteiger partial charge in [-0.05, 0) is 32.3 Å². The van der Waals surface area contributed by atoms with Crippen LogP contribution in [-0.2, 0) is 11.2 Å². The van der Waals surface area contributed by atoms with E-state index in [-0.39, 0.29) is 0 Å². The minimum atomic E-state index is 0.333. The van der Waals surface area contributed by atoms with Crippen LogP contribution in [0.2, 0.25) is 0 Å². The number of anilines is 2. The Morgan fingerprint density at radius 1 is 1.25 bits per heavy atom. The summed E-state index contributed by atoms with van der Waals surface area (Å²) >= 11 is 1.55. The third-order valence-electron chi connectivity index (χ3n) is 4.95. The van der Waals surface area contributed by atoms with Crippen molar-refractivity contribution in [3.63, 3.8) is 0 Å². The second-order valence-corrected chi connectivity index (χ2v) is 7.32. The van der Waals surface area contributed by atoms with Crippen LogP contribution in [0.15, 0.2) is 18.6 Å². The van der Waals surface area contributed by atoms with Crippen LogP contribution >= 0.6 is 11.9 Å². The molecule has 1 saturated heterocycles. The number of nitrogens with one attached hydrogen (secondary N) is 1. The molecule has 1 aliphatic heterocycles. The van der Waals surface area contributed by atoms with Crippen molar-refractivity contribution in [2.75, 3.05) is 36.1 Å². The first-order chi connectivity index (χ1) is 13.7. The van der Waals surface area contributed by atoms with Crippen molar-refractivity contribution in [3.05, 3.63) is 41.1 Å². The van der Waals surface area contributed by atoms with Gasteiger partial charge < -0.3 is 14.4 Å². The van der Waals surface area contributed by atoms with Gasteiger partial charge in [-0.25, -0.2) is 9.97 Å². The summed E-state index contributed by atoms with van der Waals surface area (Å²) in [5, 5.41) is 0. The summed E-state index contributed by atoms with van der Waals surface area (Å²) in [4.78, 5) is 15.8. The van der Waals surface area contributed by atoms with Crippen molar-refractivity contribution < 1.29 is 4.74 Å². The molecule has 3 heterocycles. The standard InChI is InChI=1S/C21H27N5OS/c1-5-19-18(7-6-16-12-20(25-28-4)15(2)22-13-16)21(24-14-23-19)26-10-8-17(27-3)9-11-26/h12-14,17,25H,5,8-11H2,1-4H3. The highest BCUT2D eigenvalue weighted by Crippen LogP contribution is 2.24. The number of hydrogen-bond donors (Lipinski definition) is 1. The highest BCUT2D eigenvalue weighted by atomic mass is 32.2. The van der Waals surface area contributed by atoms with E-state index in [1.54, 1.807) is 25.4 Å². The van der Waals surface area contributed by atoms with Crippen LogP contribution in [0.1, 0.15) is 42.3 Å². The summed E-state index contributed by atoms with van der Waals surface area (Å²) in [6.07, 6.45) is 8.61. The van der Waals surface area contributed by atoms with E-state index in [9.17, 15) is 0 Å². The fourth-order valence-corrected chi connectivity index (χ4v) is 3.73. The number of rotatable bonds is 5. The Labute approximate surface area is 171 Å². The van der Waals surface area contributed by atoms with E-state index in [1.165, 1.54) is 0 Å². The predicted octanol–water partition coefficient (Wildman–Crippen LogP) is 3.45. The summed E-state index contributed by atoms with van der Waals surface area (Å²) in [5.74, 6) is 7.53. The minimum absolute atomic E-state index is 0.333. The van der Waals surface area contributed by atoms with Gasteiger partial charge in [-0.15, -0.1) is 0 Å². The lowest BCUT2D eigenvalue weighted by atomic mass is 10.1. The van der Waals surface area contributed by atoms with Crippen molar-refractivity contribution in [2.45, 2.75) is 39.2 Å².